The van der Waals surface area contributed by atoms with E-state index in [4.69, 9.17) is 14.6 Å². The Hall–Kier alpha value is -4.67. The zero-order valence-corrected chi connectivity index (χ0v) is 20.6. The van der Waals surface area contributed by atoms with Crippen molar-refractivity contribution in [1.29, 1.82) is 5.26 Å². The summed E-state index contributed by atoms with van der Waals surface area (Å²) in [6.07, 6.45) is 4.06. The van der Waals surface area contributed by atoms with Crippen LogP contribution < -0.4 is 10.1 Å². The minimum atomic E-state index is -0.429. The monoisotopic (exact) mass is 492 g/mol. The average Bonchev–Trinajstić information content (AvgIpc) is 3.38. The number of para-hydroxylation sites is 1. The predicted octanol–water partition coefficient (Wildman–Crippen LogP) is 5.18. The molecule has 0 aliphatic heterocycles. The van der Waals surface area contributed by atoms with Gasteiger partial charge in [-0.2, -0.15) is 10.4 Å². The van der Waals surface area contributed by atoms with E-state index in [0.29, 0.717) is 37.4 Å². The standard InChI is InChI=1S/C30H28N4O3/c1-36-18-8-17-32-30(35)25(20-31)19-26-21-34(27-11-6-3-7-12-27)33-29(26)24-13-15-28(16-14-24)37-22-23-9-4-2-5-10-23/h2-7,9-16,19,21H,8,17-18,22H2,1H3,(H,32,35)/b25-19-. The first-order valence-electron chi connectivity index (χ1n) is 12.0. The first-order chi connectivity index (χ1) is 18.2. The van der Waals surface area contributed by atoms with Crippen molar-refractivity contribution in [2.24, 2.45) is 0 Å². The summed E-state index contributed by atoms with van der Waals surface area (Å²) < 4.78 is 12.7. The molecule has 186 valence electrons. The third kappa shape index (κ3) is 6.94. The van der Waals surface area contributed by atoms with Gasteiger partial charge in [-0.25, -0.2) is 4.68 Å². The molecule has 0 radical (unpaired) electrons. The molecule has 1 amide bonds. The van der Waals surface area contributed by atoms with E-state index in [1.165, 1.54) is 0 Å². The molecule has 0 bridgehead atoms. The lowest BCUT2D eigenvalue weighted by Gasteiger charge is -2.07. The lowest BCUT2D eigenvalue weighted by molar-refractivity contribution is -0.117. The Morgan fingerprint density at radius 1 is 1.03 bits per heavy atom. The third-order valence-corrected chi connectivity index (χ3v) is 5.62. The number of nitrogens with zero attached hydrogens (tertiary/aromatic N) is 3. The number of benzene rings is 3. The molecule has 1 heterocycles. The molecule has 4 aromatic rings. The van der Waals surface area contributed by atoms with Crippen LogP contribution in [0.4, 0.5) is 0 Å². The number of nitrogens with one attached hydrogen (secondary N) is 1. The van der Waals surface area contributed by atoms with Crippen molar-refractivity contribution in [1.82, 2.24) is 15.1 Å². The van der Waals surface area contributed by atoms with Crippen molar-refractivity contribution in [3.63, 3.8) is 0 Å². The van der Waals surface area contributed by atoms with E-state index in [1.54, 1.807) is 17.9 Å². The van der Waals surface area contributed by atoms with Gasteiger partial charge >= 0.3 is 0 Å². The Kier molecular flexibility index (Phi) is 8.84. The van der Waals surface area contributed by atoms with Crippen molar-refractivity contribution >= 4 is 12.0 Å². The Balaban J connectivity index is 1.60. The first-order valence-corrected chi connectivity index (χ1v) is 12.0. The first kappa shape index (κ1) is 25.4. The van der Waals surface area contributed by atoms with Crippen LogP contribution in [0.15, 0.2) is 96.7 Å². The number of hydrogen-bond donors (Lipinski definition) is 1. The third-order valence-electron chi connectivity index (χ3n) is 5.62. The summed E-state index contributed by atoms with van der Waals surface area (Å²) in [6, 6.07) is 29.3. The van der Waals surface area contributed by atoms with Gasteiger partial charge in [0, 0.05) is 37.6 Å². The number of carbonyl (C=O) groups is 1. The molecule has 0 aliphatic rings. The average molecular weight is 493 g/mol. The topological polar surface area (TPSA) is 89.2 Å². The maximum atomic E-state index is 12.6. The molecule has 0 saturated carbocycles. The summed E-state index contributed by atoms with van der Waals surface area (Å²) in [7, 11) is 1.61. The van der Waals surface area contributed by atoms with Gasteiger partial charge in [0.05, 0.1) is 11.4 Å². The number of aromatic nitrogens is 2. The predicted molar refractivity (Wildman–Crippen MR) is 143 cm³/mol. The highest BCUT2D eigenvalue weighted by molar-refractivity contribution is 6.02. The summed E-state index contributed by atoms with van der Waals surface area (Å²) in [6.45, 7) is 1.43. The van der Waals surface area contributed by atoms with Crippen LogP contribution in [-0.2, 0) is 16.1 Å². The molecule has 1 aromatic heterocycles. The molecule has 4 rings (SSSR count). The molecule has 1 N–H and O–H groups in total. The Bertz CT molecular complexity index is 1370. The van der Waals surface area contributed by atoms with Gasteiger partial charge in [0.1, 0.15) is 24.0 Å². The molecule has 37 heavy (non-hydrogen) atoms. The fraction of sp³-hybridized carbons (Fsp3) is 0.167. The molecular formula is C30H28N4O3. The van der Waals surface area contributed by atoms with Crippen LogP contribution in [0.1, 0.15) is 17.5 Å². The Labute approximate surface area is 216 Å². The minimum absolute atomic E-state index is 0.00842. The highest BCUT2D eigenvalue weighted by atomic mass is 16.5. The van der Waals surface area contributed by atoms with Crippen LogP contribution in [0.5, 0.6) is 5.75 Å². The number of methoxy groups -OCH3 is 1. The second-order valence-electron chi connectivity index (χ2n) is 8.28. The molecule has 3 aromatic carbocycles. The molecule has 7 nitrogen and oxygen atoms in total. The van der Waals surface area contributed by atoms with Crippen LogP contribution in [0.2, 0.25) is 0 Å². The van der Waals surface area contributed by atoms with Crippen LogP contribution in [-0.4, -0.2) is 35.9 Å². The summed E-state index contributed by atoms with van der Waals surface area (Å²) in [5.74, 6) is 0.307. The van der Waals surface area contributed by atoms with E-state index >= 15 is 0 Å². The van der Waals surface area contributed by atoms with Crippen molar-refractivity contribution in [3.05, 3.63) is 108 Å². The fourth-order valence-corrected chi connectivity index (χ4v) is 3.70. The highest BCUT2D eigenvalue weighted by Gasteiger charge is 2.15. The summed E-state index contributed by atoms with van der Waals surface area (Å²) in [5, 5.41) is 17.2. The van der Waals surface area contributed by atoms with Gasteiger partial charge in [-0.3, -0.25) is 4.79 Å². The maximum Gasteiger partial charge on any atom is 0.261 e. The van der Waals surface area contributed by atoms with Gasteiger partial charge in [0.2, 0.25) is 0 Å². The van der Waals surface area contributed by atoms with E-state index < -0.39 is 5.91 Å². The fourth-order valence-electron chi connectivity index (χ4n) is 3.70. The van der Waals surface area contributed by atoms with Crippen LogP contribution in [0, 0.1) is 11.3 Å². The van der Waals surface area contributed by atoms with Crippen molar-refractivity contribution in [2.45, 2.75) is 13.0 Å². The van der Waals surface area contributed by atoms with E-state index in [9.17, 15) is 10.1 Å². The summed E-state index contributed by atoms with van der Waals surface area (Å²) in [5.41, 5.74) is 4.11. The lowest BCUT2D eigenvalue weighted by atomic mass is 10.1. The Morgan fingerprint density at radius 3 is 2.41 bits per heavy atom. The summed E-state index contributed by atoms with van der Waals surface area (Å²) >= 11 is 0. The number of carbonyl (C=O) groups excluding carboxylic acids is 1. The van der Waals surface area contributed by atoms with Gasteiger partial charge in [-0.05, 0) is 54.5 Å². The largest absolute Gasteiger partial charge is 0.489 e. The maximum absolute atomic E-state index is 12.6. The number of nitriles is 1. The normalized spacial score (nSPS) is 11.1. The van der Waals surface area contributed by atoms with E-state index in [-0.39, 0.29) is 5.57 Å². The zero-order valence-electron chi connectivity index (χ0n) is 20.6. The number of hydrogen-bond acceptors (Lipinski definition) is 5. The smallest absolute Gasteiger partial charge is 0.261 e. The van der Waals surface area contributed by atoms with Crippen LogP contribution in [0.25, 0.3) is 23.0 Å². The van der Waals surface area contributed by atoms with Crippen molar-refractivity contribution < 1.29 is 14.3 Å². The van der Waals surface area contributed by atoms with E-state index in [0.717, 1.165) is 22.6 Å². The molecule has 7 heteroatoms. The van der Waals surface area contributed by atoms with E-state index in [2.05, 4.69) is 5.32 Å². The molecule has 0 spiro atoms. The van der Waals surface area contributed by atoms with E-state index in [1.807, 2.05) is 97.2 Å². The van der Waals surface area contributed by atoms with Crippen molar-refractivity contribution in [2.75, 3.05) is 20.3 Å². The minimum Gasteiger partial charge on any atom is -0.489 e. The lowest BCUT2D eigenvalue weighted by Crippen LogP contribution is -2.26. The number of ether oxygens (including phenoxy) is 2. The van der Waals surface area contributed by atoms with Crippen LogP contribution in [0.3, 0.4) is 0 Å². The van der Waals surface area contributed by atoms with Gasteiger partial charge < -0.3 is 14.8 Å². The molecular weight excluding hydrogens is 464 g/mol. The van der Waals surface area contributed by atoms with Crippen molar-refractivity contribution in [3.8, 4) is 28.8 Å². The molecule has 0 unspecified atom stereocenters. The van der Waals surface area contributed by atoms with Crippen LogP contribution >= 0.6 is 0 Å². The number of rotatable bonds is 11. The second-order valence-corrected chi connectivity index (χ2v) is 8.28. The van der Waals surface area contributed by atoms with Gasteiger partial charge in [-0.1, -0.05) is 48.5 Å². The number of amides is 1. The van der Waals surface area contributed by atoms with Gasteiger partial charge in [-0.15, -0.1) is 0 Å². The van der Waals surface area contributed by atoms with Gasteiger partial charge in [0.15, 0.2) is 0 Å². The SMILES string of the molecule is COCCCNC(=O)/C(C#N)=C\c1cn(-c2ccccc2)nc1-c1ccc(OCc2ccccc2)cc1. The molecule has 0 aliphatic carbocycles. The Morgan fingerprint density at radius 2 is 1.73 bits per heavy atom. The molecule has 0 atom stereocenters. The summed E-state index contributed by atoms with van der Waals surface area (Å²) in [4.78, 5) is 12.6. The van der Waals surface area contributed by atoms with Gasteiger partial charge in [0.25, 0.3) is 5.91 Å². The second kappa shape index (κ2) is 12.9. The quantitative estimate of drug-likeness (QED) is 0.177. The molecule has 0 saturated heterocycles. The zero-order chi connectivity index (χ0) is 25.9. The highest BCUT2D eigenvalue weighted by Crippen LogP contribution is 2.28. The molecule has 0 fully saturated rings.